The predicted octanol–water partition coefficient (Wildman–Crippen LogP) is 2.74. The maximum absolute atomic E-state index is 14.0. The van der Waals surface area contributed by atoms with Crippen molar-refractivity contribution in [1.29, 1.82) is 0 Å². The average Bonchev–Trinajstić information content (AvgIpc) is 3.60. The van der Waals surface area contributed by atoms with Crippen LogP contribution in [0.5, 0.6) is 0 Å². The fraction of sp³-hybridized carbons (Fsp3) is 0.357. The highest BCUT2D eigenvalue weighted by molar-refractivity contribution is 6.40. The Balaban J connectivity index is 1.39. The molecule has 2 aromatic carbocycles. The molecule has 39 heavy (non-hydrogen) atoms. The molecule has 1 saturated heterocycles. The number of H-pyrrole nitrogens is 1. The van der Waals surface area contributed by atoms with Gasteiger partial charge in [0.05, 0.1) is 11.9 Å². The minimum atomic E-state index is -1.04. The summed E-state index contributed by atoms with van der Waals surface area (Å²) >= 11 is 0. The molecule has 4 amide bonds. The van der Waals surface area contributed by atoms with E-state index in [1.54, 1.807) is 24.3 Å². The van der Waals surface area contributed by atoms with E-state index in [2.05, 4.69) is 25.7 Å². The highest BCUT2D eigenvalue weighted by Gasteiger charge is 2.59. The zero-order valence-electron chi connectivity index (χ0n) is 21.9. The van der Waals surface area contributed by atoms with Crippen molar-refractivity contribution in [1.82, 2.24) is 20.0 Å². The number of nitrogens with one attached hydrogen (secondary N) is 3. The molecule has 0 saturated carbocycles. The first-order valence-electron chi connectivity index (χ1n) is 12.8. The number of fused-ring (bicyclic) bond motifs is 3. The summed E-state index contributed by atoms with van der Waals surface area (Å²) in [6.45, 7) is 11.6. The van der Waals surface area contributed by atoms with Crippen LogP contribution in [0.2, 0.25) is 0 Å². The molecule has 3 N–H and O–H groups in total. The van der Waals surface area contributed by atoms with Crippen molar-refractivity contribution in [3.8, 4) is 0 Å². The number of carbonyl (C=O) groups excluding carboxylic acids is 4. The molecule has 0 unspecified atom stereocenters. The molecular weight excluding hydrogens is 498 g/mol. The summed E-state index contributed by atoms with van der Waals surface area (Å²) in [7, 11) is 1.41. The molecular formula is C28H29N7O4. The minimum absolute atomic E-state index is 0.00556. The first-order chi connectivity index (χ1) is 18.7. The molecule has 0 aliphatic carbocycles. The van der Waals surface area contributed by atoms with E-state index in [9.17, 15) is 19.2 Å². The maximum atomic E-state index is 14.0. The van der Waals surface area contributed by atoms with Gasteiger partial charge in [0.2, 0.25) is 5.91 Å². The first kappa shape index (κ1) is 25.9. The Bertz CT molecular complexity index is 1520. The molecule has 1 aromatic heterocycles. The maximum Gasteiger partial charge on any atom is 0.315 e. The second kappa shape index (κ2) is 9.87. The quantitative estimate of drug-likeness (QED) is 0.347. The van der Waals surface area contributed by atoms with Crippen LogP contribution in [0.3, 0.4) is 0 Å². The Morgan fingerprint density at radius 3 is 2.67 bits per heavy atom. The lowest BCUT2D eigenvalue weighted by molar-refractivity contribution is -0.149. The fourth-order valence-corrected chi connectivity index (χ4v) is 5.54. The van der Waals surface area contributed by atoms with E-state index < -0.39 is 35.3 Å². The summed E-state index contributed by atoms with van der Waals surface area (Å²) < 4.78 is 0. The van der Waals surface area contributed by atoms with Gasteiger partial charge in [0.25, 0.3) is 5.91 Å². The van der Waals surface area contributed by atoms with E-state index in [1.807, 2.05) is 38.1 Å². The van der Waals surface area contributed by atoms with Crippen molar-refractivity contribution in [2.45, 2.75) is 44.3 Å². The third-order valence-electron chi connectivity index (χ3n) is 7.55. The van der Waals surface area contributed by atoms with Crippen molar-refractivity contribution in [2.75, 3.05) is 24.2 Å². The fourth-order valence-electron chi connectivity index (χ4n) is 5.54. The molecule has 11 nitrogen and oxygen atoms in total. The Hall–Kier alpha value is -4.72. The summed E-state index contributed by atoms with van der Waals surface area (Å²) in [5.74, 6) is -2.33. The number of amides is 4. The van der Waals surface area contributed by atoms with Crippen LogP contribution in [-0.2, 0) is 24.6 Å². The van der Waals surface area contributed by atoms with Gasteiger partial charge in [-0.05, 0) is 36.1 Å². The van der Waals surface area contributed by atoms with Gasteiger partial charge in [0.1, 0.15) is 11.5 Å². The van der Waals surface area contributed by atoms with Crippen LogP contribution in [0.1, 0.15) is 32.3 Å². The Morgan fingerprint density at radius 1 is 1.21 bits per heavy atom. The van der Waals surface area contributed by atoms with E-state index >= 15 is 0 Å². The van der Waals surface area contributed by atoms with E-state index in [1.165, 1.54) is 11.9 Å². The number of nitrogens with zero attached hydrogens (tertiary/aromatic N) is 4. The van der Waals surface area contributed by atoms with E-state index in [4.69, 9.17) is 6.57 Å². The number of para-hydroxylation sites is 2. The molecule has 11 heteroatoms. The number of likely N-dealkylation sites (tertiary alicyclic amines) is 1. The van der Waals surface area contributed by atoms with Gasteiger partial charge in [-0.2, -0.15) is 5.10 Å². The summed E-state index contributed by atoms with van der Waals surface area (Å²) in [5.41, 5.74) is 1.10. The van der Waals surface area contributed by atoms with Gasteiger partial charge in [-0.3, -0.25) is 34.0 Å². The van der Waals surface area contributed by atoms with E-state index in [0.29, 0.717) is 16.6 Å². The second-order valence-electron chi connectivity index (χ2n) is 10.5. The third-order valence-corrected chi connectivity index (χ3v) is 7.55. The second-order valence-corrected chi connectivity index (χ2v) is 10.5. The van der Waals surface area contributed by atoms with E-state index in [-0.39, 0.29) is 37.0 Å². The molecule has 3 atom stereocenters. The molecule has 1 fully saturated rings. The van der Waals surface area contributed by atoms with Crippen molar-refractivity contribution in [3.63, 3.8) is 0 Å². The topological polar surface area (TPSA) is 132 Å². The number of hydrogen-bond donors (Lipinski definition) is 3. The van der Waals surface area contributed by atoms with Gasteiger partial charge >= 0.3 is 18.0 Å². The largest absolute Gasteiger partial charge is 0.325 e. The number of rotatable bonds is 5. The van der Waals surface area contributed by atoms with Gasteiger partial charge in [0, 0.05) is 24.7 Å². The smallest absolute Gasteiger partial charge is 0.315 e. The van der Waals surface area contributed by atoms with Crippen molar-refractivity contribution >= 4 is 46.0 Å². The molecule has 0 radical (unpaired) electrons. The Morgan fingerprint density at radius 2 is 1.92 bits per heavy atom. The highest BCUT2D eigenvalue weighted by Crippen LogP contribution is 2.47. The molecule has 1 spiro atoms. The van der Waals surface area contributed by atoms with Crippen molar-refractivity contribution in [2.24, 2.45) is 5.92 Å². The molecule has 5 rings (SSSR count). The zero-order valence-corrected chi connectivity index (χ0v) is 21.9. The summed E-state index contributed by atoms with van der Waals surface area (Å²) in [5, 5.41) is 12.9. The molecule has 3 heterocycles. The van der Waals surface area contributed by atoms with E-state index in [0.717, 1.165) is 10.5 Å². The van der Waals surface area contributed by atoms with Crippen LogP contribution >= 0.6 is 0 Å². The van der Waals surface area contributed by atoms with Crippen molar-refractivity contribution in [3.05, 3.63) is 65.5 Å². The highest BCUT2D eigenvalue weighted by atomic mass is 16.2. The number of benzene rings is 2. The number of anilines is 2. The van der Waals surface area contributed by atoms with Crippen LogP contribution in [0, 0.1) is 12.5 Å². The third kappa shape index (κ3) is 4.37. The van der Waals surface area contributed by atoms with Gasteiger partial charge in [-0.15, -0.1) is 0 Å². The average molecular weight is 528 g/mol. The summed E-state index contributed by atoms with van der Waals surface area (Å²) in [4.78, 5) is 59.5. The lowest BCUT2D eigenvalue weighted by Crippen LogP contribution is -2.53. The van der Waals surface area contributed by atoms with Gasteiger partial charge in [0.15, 0.2) is 5.82 Å². The number of aromatic amines is 1. The summed E-state index contributed by atoms with van der Waals surface area (Å²) in [6, 6.07) is 13.4. The first-order valence-corrected chi connectivity index (χ1v) is 12.8. The van der Waals surface area contributed by atoms with Crippen LogP contribution in [-0.4, -0.2) is 69.4 Å². The normalized spacial score (nSPS) is 20.5. The van der Waals surface area contributed by atoms with Gasteiger partial charge < -0.3 is 15.5 Å². The zero-order chi connectivity index (χ0) is 27.9. The monoisotopic (exact) mass is 527 g/mol. The van der Waals surface area contributed by atoms with Gasteiger partial charge in [-0.1, -0.05) is 44.2 Å². The Kier molecular flexibility index (Phi) is 6.56. The number of likely N-dealkylation sites (N-methyl/N-ethyl adjacent to an activating group) is 1. The molecule has 3 aromatic rings. The summed E-state index contributed by atoms with van der Waals surface area (Å²) in [6.07, 6.45) is -0.447. The molecule has 2 aliphatic heterocycles. The van der Waals surface area contributed by atoms with Gasteiger partial charge in [-0.25, -0.2) is 6.57 Å². The number of hydrogen-bond acceptors (Lipinski definition) is 5. The Labute approximate surface area is 225 Å². The van der Waals surface area contributed by atoms with Crippen LogP contribution in [0.4, 0.5) is 11.5 Å². The van der Waals surface area contributed by atoms with Crippen LogP contribution < -0.4 is 10.6 Å². The molecule has 200 valence electrons. The lowest BCUT2D eigenvalue weighted by Gasteiger charge is -2.31. The molecule has 0 bridgehead atoms. The number of carbonyl (C=O) groups is 4. The predicted molar refractivity (Wildman–Crippen MR) is 144 cm³/mol. The van der Waals surface area contributed by atoms with Crippen LogP contribution in [0.25, 0.3) is 15.7 Å². The van der Waals surface area contributed by atoms with Crippen LogP contribution in [0.15, 0.2) is 48.5 Å². The minimum Gasteiger partial charge on any atom is -0.325 e. The SMILES string of the molecule is [C-]#[N+][C@@H]1C[C@@]2(CN1C(=O)[C@H](CC(C)C)N(C)C(=O)C(=O)Nc1n[nH]c3ccccc13)C(=O)Nc1ccccc12. The van der Waals surface area contributed by atoms with Crippen molar-refractivity contribution < 1.29 is 19.2 Å². The standard InChI is InChI=1S/C28H29N7O4/c1-16(2)13-21(34(4)26(38)24(36)31-23-17-9-5-7-11-19(17)32-33-23)25(37)35-15-28(14-22(35)29-3)18-10-6-8-12-20(18)30-27(28)39/h5-12,16,21-22H,13-15H2,1-2,4H3,(H,30,39)(H2,31,32,33,36)/t21-,22-,28-/m0/s1. The number of aromatic nitrogens is 2. The molecule has 2 aliphatic rings. The lowest BCUT2D eigenvalue weighted by atomic mass is 9.80.